The summed E-state index contributed by atoms with van der Waals surface area (Å²) in [6.45, 7) is 0. The van der Waals surface area contributed by atoms with Gasteiger partial charge in [-0.05, 0) is 41.8 Å². The third kappa shape index (κ3) is 2.59. The molecule has 2 aromatic carbocycles. The standard InChI is InChI=1S/C21H11FN2O2S2/c22-12-5-3-6-13(11-12)24-19(16-9-4-10-27-16)23-20-17(21(24)26)18(25)14-7-1-2-8-15(14)28-20/h1-11H. The number of rotatable bonds is 2. The number of hydrogen-bond acceptors (Lipinski definition) is 5. The zero-order chi connectivity index (χ0) is 19.3. The maximum absolute atomic E-state index is 13.9. The molecule has 0 aliphatic carbocycles. The van der Waals surface area contributed by atoms with E-state index in [2.05, 4.69) is 4.98 Å². The lowest BCUT2D eigenvalue weighted by Crippen LogP contribution is -2.26. The molecule has 4 nitrogen and oxygen atoms in total. The molecule has 0 saturated carbocycles. The van der Waals surface area contributed by atoms with E-state index in [9.17, 15) is 14.0 Å². The van der Waals surface area contributed by atoms with Crippen molar-refractivity contribution in [2.45, 2.75) is 0 Å². The van der Waals surface area contributed by atoms with Gasteiger partial charge in [0.2, 0.25) is 5.43 Å². The highest BCUT2D eigenvalue weighted by Crippen LogP contribution is 2.28. The number of halogens is 1. The fourth-order valence-corrected chi connectivity index (χ4v) is 4.92. The Labute approximate surface area is 165 Å². The van der Waals surface area contributed by atoms with E-state index < -0.39 is 11.4 Å². The molecule has 5 aromatic rings. The molecule has 7 heteroatoms. The molecule has 3 heterocycles. The minimum atomic E-state index is -0.494. The van der Waals surface area contributed by atoms with Crippen LogP contribution in [-0.4, -0.2) is 9.55 Å². The number of benzene rings is 2. The number of aromatic nitrogens is 2. The highest BCUT2D eigenvalue weighted by atomic mass is 32.1. The van der Waals surface area contributed by atoms with E-state index >= 15 is 0 Å². The quantitative estimate of drug-likeness (QED) is 0.395. The van der Waals surface area contributed by atoms with Crippen molar-refractivity contribution in [3.8, 4) is 16.4 Å². The number of fused-ring (bicyclic) bond motifs is 2. The fraction of sp³-hybridized carbons (Fsp3) is 0. The molecule has 3 aromatic heterocycles. The second kappa shape index (κ2) is 6.47. The van der Waals surface area contributed by atoms with Crippen LogP contribution in [0.5, 0.6) is 0 Å². The molecule has 28 heavy (non-hydrogen) atoms. The predicted molar refractivity (Wildman–Crippen MR) is 112 cm³/mol. The molecule has 0 bridgehead atoms. The van der Waals surface area contributed by atoms with Crippen molar-refractivity contribution in [3.05, 3.63) is 92.4 Å². The van der Waals surface area contributed by atoms with Gasteiger partial charge in [0.05, 0.1) is 10.6 Å². The van der Waals surface area contributed by atoms with Crippen LogP contribution in [-0.2, 0) is 0 Å². The Hall–Kier alpha value is -3.16. The summed E-state index contributed by atoms with van der Waals surface area (Å²) in [7, 11) is 0. The Balaban J connectivity index is 1.99. The molecule has 0 saturated heterocycles. The van der Waals surface area contributed by atoms with Crippen molar-refractivity contribution in [2.75, 3.05) is 0 Å². The Morgan fingerprint density at radius 1 is 0.964 bits per heavy atom. The molecule has 0 aliphatic heterocycles. The molecule has 0 aliphatic rings. The Bertz CT molecular complexity index is 1470. The Kier molecular flexibility index (Phi) is 3.92. The second-order valence-electron chi connectivity index (χ2n) is 6.14. The summed E-state index contributed by atoms with van der Waals surface area (Å²) in [5.41, 5.74) is -0.518. The van der Waals surface area contributed by atoms with Gasteiger partial charge in [-0.1, -0.05) is 24.3 Å². The molecule has 0 radical (unpaired) electrons. The summed E-state index contributed by atoms with van der Waals surface area (Å²) in [5.74, 6) is -0.0747. The van der Waals surface area contributed by atoms with Crippen molar-refractivity contribution in [3.63, 3.8) is 0 Å². The van der Waals surface area contributed by atoms with E-state index in [4.69, 9.17) is 0 Å². The van der Waals surface area contributed by atoms with Gasteiger partial charge >= 0.3 is 0 Å². The van der Waals surface area contributed by atoms with E-state index in [-0.39, 0.29) is 10.8 Å². The number of hydrogen-bond donors (Lipinski definition) is 0. The summed E-state index contributed by atoms with van der Waals surface area (Å²) in [5, 5.41) is 2.38. The first-order valence-electron chi connectivity index (χ1n) is 8.42. The van der Waals surface area contributed by atoms with Crippen molar-refractivity contribution in [1.82, 2.24) is 9.55 Å². The van der Waals surface area contributed by atoms with E-state index in [0.717, 1.165) is 9.58 Å². The van der Waals surface area contributed by atoms with Gasteiger partial charge < -0.3 is 0 Å². The van der Waals surface area contributed by atoms with Gasteiger partial charge in [0.1, 0.15) is 16.0 Å². The van der Waals surface area contributed by atoms with Crippen molar-refractivity contribution in [1.29, 1.82) is 0 Å². The van der Waals surface area contributed by atoms with Gasteiger partial charge in [0.25, 0.3) is 5.56 Å². The SMILES string of the molecule is O=c1c2ccccc2sc2nc(-c3cccs3)n(-c3cccc(F)c3)c(=O)c12. The lowest BCUT2D eigenvalue weighted by molar-refractivity contribution is 0.626. The van der Waals surface area contributed by atoms with Crippen LogP contribution < -0.4 is 11.0 Å². The predicted octanol–water partition coefficient (Wildman–Crippen LogP) is 4.83. The average Bonchev–Trinajstić information content (AvgIpc) is 3.22. The van der Waals surface area contributed by atoms with Crippen LogP contribution in [0.3, 0.4) is 0 Å². The fourth-order valence-electron chi connectivity index (χ4n) is 3.18. The van der Waals surface area contributed by atoms with Crippen LogP contribution in [0.15, 0.2) is 75.6 Å². The largest absolute Gasteiger partial charge is 0.288 e. The van der Waals surface area contributed by atoms with Crippen LogP contribution in [0.1, 0.15) is 0 Å². The molecular formula is C21H11FN2O2S2. The van der Waals surface area contributed by atoms with Crippen molar-refractivity contribution >= 4 is 43.0 Å². The zero-order valence-corrected chi connectivity index (χ0v) is 15.9. The minimum Gasteiger partial charge on any atom is -0.288 e. The number of nitrogens with zero attached hydrogens (tertiary/aromatic N) is 2. The van der Waals surface area contributed by atoms with Gasteiger partial charge in [-0.3, -0.25) is 14.2 Å². The van der Waals surface area contributed by atoms with Gasteiger partial charge in [-0.2, -0.15) is 0 Å². The highest BCUT2D eigenvalue weighted by molar-refractivity contribution is 7.24. The highest BCUT2D eigenvalue weighted by Gasteiger charge is 2.19. The summed E-state index contributed by atoms with van der Waals surface area (Å²) in [4.78, 5) is 32.3. The van der Waals surface area contributed by atoms with E-state index in [1.165, 1.54) is 45.4 Å². The molecule has 0 fully saturated rings. The normalized spacial score (nSPS) is 11.3. The lowest BCUT2D eigenvalue weighted by Gasteiger charge is -2.12. The first-order chi connectivity index (χ1) is 13.6. The minimum absolute atomic E-state index is 0.0215. The monoisotopic (exact) mass is 406 g/mol. The topological polar surface area (TPSA) is 52.0 Å². The molecular weight excluding hydrogens is 395 g/mol. The molecule has 0 atom stereocenters. The van der Waals surface area contributed by atoms with E-state index in [0.29, 0.717) is 21.7 Å². The van der Waals surface area contributed by atoms with Gasteiger partial charge in [0, 0.05) is 10.1 Å². The zero-order valence-electron chi connectivity index (χ0n) is 14.3. The molecule has 136 valence electrons. The number of thiophene rings is 1. The van der Waals surface area contributed by atoms with E-state index in [1.54, 1.807) is 18.2 Å². The summed E-state index contributed by atoms with van der Waals surface area (Å²) >= 11 is 2.73. The molecule has 0 spiro atoms. The molecule has 0 amide bonds. The molecule has 0 unspecified atom stereocenters. The Morgan fingerprint density at radius 2 is 1.82 bits per heavy atom. The second-order valence-corrected chi connectivity index (χ2v) is 8.12. The smallest absolute Gasteiger partial charge is 0.271 e. The maximum atomic E-state index is 13.9. The summed E-state index contributed by atoms with van der Waals surface area (Å²) < 4.78 is 16.0. The first-order valence-corrected chi connectivity index (χ1v) is 10.1. The van der Waals surface area contributed by atoms with Gasteiger partial charge in [-0.25, -0.2) is 9.37 Å². The summed E-state index contributed by atoms with van der Waals surface area (Å²) in [6.07, 6.45) is 0. The van der Waals surface area contributed by atoms with Crippen LogP contribution in [0.2, 0.25) is 0 Å². The molecule has 0 N–H and O–H groups in total. The van der Waals surface area contributed by atoms with Crippen molar-refractivity contribution < 1.29 is 4.39 Å². The van der Waals surface area contributed by atoms with Gasteiger partial charge in [0.15, 0.2) is 5.82 Å². The van der Waals surface area contributed by atoms with E-state index in [1.807, 2.05) is 29.6 Å². The van der Waals surface area contributed by atoms with Crippen LogP contribution in [0, 0.1) is 5.82 Å². The van der Waals surface area contributed by atoms with Crippen LogP contribution >= 0.6 is 22.7 Å². The van der Waals surface area contributed by atoms with Crippen LogP contribution in [0.4, 0.5) is 4.39 Å². The first kappa shape index (κ1) is 17.0. The van der Waals surface area contributed by atoms with Crippen LogP contribution in [0.25, 0.3) is 36.7 Å². The maximum Gasteiger partial charge on any atom is 0.271 e. The van der Waals surface area contributed by atoms with Crippen molar-refractivity contribution in [2.24, 2.45) is 0 Å². The average molecular weight is 406 g/mol. The Morgan fingerprint density at radius 3 is 2.61 bits per heavy atom. The third-order valence-electron chi connectivity index (χ3n) is 4.42. The lowest BCUT2D eigenvalue weighted by atomic mass is 10.2. The molecule has 5 rings (SSSR count). The van der Waals surface area contributed by atoms with Gasteiger partial charge in [-0.15, -0.1) is 22.7 Å². The summed E-state index contributed by atoms with van der Waals surface area (Å²) in [6, 6.07) is 16.6. The third-order valence-corrected chi connectivity index (χ3v) is 6.35.